The van der Waals surface area contributed by atoms with E-state index in [2.05, 4.69) is 12.2 Å². The van der Waals surface area contributed by atoms with Crippen molar-refractivity contribution in [3.8, 4) is 0 Å². The highest BCUT2D eigenvalue weighted by molar-refractivity contribution is 7.10. The summed E-state index contributed by atoms with van der Waals surface area (Å²) in [5.41, 5.74) is 2.07. The molecule has 0 radical (unpaired) electrons. The van der Waals surface area contributed by atoms with E-state index in [-0.39, 0.29) is 11.9 Å². The molecule has 1 unspecified atom stereocenters. The summed E-state index contributed by atoms with van der Waals surface area (Å²) < 4.78 is 0. The lowest BCUT2D eigenvalue weighted by molar-refractivity contribution is -0.147. The largest absolute Gasteiger partial charge is 0.346 e. The van der Waals surface area contributed by atoms with Gasteiger partial charge in [-0.1, -0.05) is 6.92 Å². The Morgan fingerprint density at radius 3 is 2.46 bits per heavy atom. The Morgan fingerprint density at radius 1 is 1.15 bits per heavy atom. The molecule has 7 heteroatoms. The summed E-state index contributed by atoms with van der Waals surface area (Å²) in [5.74, 6) is -0.320. The van der Waals surface area contributed by atoms with Crippen molar-refractivity contribution in [2.45, 2.75) is 46.1 Å². The standard InChI is InChI=1S/C19H27N3O3S/c1-12(2)20-17(23)19(25)22-8-6-21(7-9-22)18(24)15-11-26-16-10-13(3)4-5-14(15)16/h11-13H,4-10H2,1-3H3,(H,20,23). The Labute approximate surface area is 158 Å². The lowest BCUT2D eigenvalue weighted by Crippen LogP contribution is -2.54. The van der Waals surface area contributed by atoms with Gasteiger partial charge in [-0.15, -0.1) is 11.3 Å². The van der Waals surface area contributed by atoms with Crippen molar-refractivity contribution in [2.24, 2.45) is 5.92 Å². The van der Waals surface area contributed by atoms with E-state index >= 15 is 0 Å². The molecule has 1 saturated heterocycles. The number of rotatable bonds is 2. The molecule has 0 aromatic carbocycles. The van der Waals surface area contributed by atoms with Gasteiger partial charge in [0.25, 0.3) is 5.91 Å². The zero-order valence-electron chi connectivity index (χ0n) is 15.7. The third-order valence-corrected chi connectivity index (χ3v) is 6.15. The van der Waals surface area contributed by atoms with Crippen LogP contribution in [0.3, 0.4) is 0 Å². The number of carbonyl (C=O) groups is 3. The number of carbonyl (C=O) groups excluding carboxylic acids is 3. The zero-order valence-corrected chi connectivity index (χ0v) is 16.5. The molecule has 2 aliphatic rings. The predicted molar refractivity (Wildman–Crippen MR) is 101 cm³/mol. The molecule has 142 valence electrons. The number of amides is 3. The molecule has 0 spiro atoms. The monoisotopic (exact) mass is 377 g/mol. The van der Waals surface area contributed by atoms with Gasteiger partial charge in [-0.3, -0.25) is 14.4 Å². The second-order valence-corrected chi connectivity index (χ2v) is 8.58. The van der Waals surface area contributed by atoms with E-state index in [1.165, 1.54) is 15.3 Å². The van der Waals surface area contributed by atoms with E-state index in [1.807, 2.05) is 24.1 Å². The first kappa shape index (κ1) is 18.9. The van der Waals surface area contributed by atoms with Crippen LogP contribution in [0.4, 0.5) is 0 Å². The zero-order chi connectivity index (χ0) is 18.8. The normalized spacial score (nSPS) is 20.1. The summed E-state index contributed by atoms with van der Waals surface area (Å²) >= 11 is 1.70. The maximum atomic E-state index is 12.9. The van der Waals surface area contributed by atoms with Crippen molar-refractivity contribution in [1.29, 1.82) is 0 Å². The summed E-state index contributed by atoms with van der Waals surface area (Å²) in [7, 11) is 0. The highest BCUT2D eigenvalue weighted by atomic mass is 32.1. The Balaban J connectivity index is 1.59. The molecule has 1 aromatic rings. The van der Waals surface area contributed by atoms with Crippen molar-refractivity contribution in [2.75, 3.05) is 26.2 Å². The van der Waals surface area contributed by atoms with Gasteiger partial charge in [-0.25, -0.2) is 0 Å². The summed E-state index contributed by atoms with van der Waals surface area (Å²) in [6.45, 7) is 7.66. The van der Waals surface area contributed by atoms with E-state index in [1.54, 1.807) is 11.3 Å². The van der Waals surface area contributed by atoms with Gasteiger partial charge in [0.1, 0.15) is 0 Å². The molecule has 2 heterocycles. The molecule has 3 amide bonds. The van der Waals surface area contributed by atoms with Gasteiger partial charge in [0.2, 0.25) is 0 Å². The van der Waals surface area contributed by atoms with Gasteiger partial charge >= 0.3 is 11.8 Å². The van der Waals surface area contributed by atoms with Gasteiger partial charge in [0.05, 0.1) is 5.56 Å². The average molecular weight is 378 g/mol. The maximum Gasteiger partial charge on any atom is 0.312 e. The number of hydrogen-bond acceptors (Lipinski definition) is 4. The van der Waals surface area contributed by atoms with Crippen LogP contribution in [0.25, 0.3) is 0 Å². The summed E-state index contributed by atoms with van der Waals surface area (Å²) in [5, 5.41) is 4.62. The summed E-state index contributed by atoms with van der Waals surface area (Å²) in [4.78, 5) is 41.7. The number of fused-ring (bicyclic) bond motifs is 1. The average Bonchev–Trinajstić information content (AvgIpc) is 3.03. The van der Waals surface area contributed by atoms with E-state index in [9.17, 15) is 14.4 Å². The Morgan fingerprint density at radius 2 is 1.81 bits per heavy atom. The molecular formula is C19H27N3O3S. The fourth-order valence-corrected chi connectivity index (χ4v) is 4.85. The Bertz CT molecular complexity index is 705. The smallest absolute Gasteiger partial charge is 0.312 e. The molecule has 1 N–H and O–H groups in total. The Kier molecular flexibility index (Phi) is 5.65. The minimum atomic E-state index is -0.569. The highest BCUT2D eigenvalue weighted by Gasteiger charge is 2.30. The summed E-state index contributed by atoms with van der Waals surface area (Å²) in [6.07, 6.45) is 3.19. The van der Waals surface area contributed by atoms with Crippen LogP contribution in [0.2, 0.25) is 0 Å². The van der Waals surface area contributed by atoms with Crippen LogP contribution >= 0.6 is 11.3 Å². The van der Waals surface area contributed by atoms with Gasteiger partial charge in [-0.05, 0) is 44.6 Å². The number of piperazine rings is 1. The molecule has 26 heavy (non-hydrogen) atoms. The third kappa shape index (κ3) is 3.92. The molecule has 1 fully saturated rings. The van der Waals surface area contributed by atoms with Crippen LogP contribution in [0, 0.1) is 5.92 Å². The lowest BCUT2D eigenvalue weighted by Gasteiger charge is -2.34. The Hall–Kier alpha value is -1.89. The molecular weight excluding hydrogens is 350 g/mol. The lowest BCUT2D eigenvalue weighted by atomic mass is 9.88. The van der Waals surface area contributed by atoms with Crippen LogP contribution < -0.4 is 5.32 Å². The number of nitrogens with one attached hydrogen (secondary N) is 1. The van der Waals surface area contributed by atoms with E-state index in [4.69, 9.17) is 0 Å². The molecule has 1 aliphatic carbocycles. The SMILES string of the molecule is CC1CCc2c(C(=O)N3CCN(C(=O)C(=O)NC(C)C)CC3)csc2C1. The molecule has 1 aliphatic heterocycles. The van der Waals surface area contributed by atoms with Gasteiger partial charge in [0.15, 0.2) is 0 Å². The van der Waals surface area contributed by atoms with Crippen molar-refractivity contribution in [1.82, 2.24) is 15.1 Å². The number of nitrogens with zero attached hydrogens (tertiary/aromatic N) is 2. The van der Waals surface area contributed by atoms with Crippen molar-refractivity contribution < 1.29 is 14.4 Å². The second-order valence-electron chi connectivity index (χ2n) is 7.61. The topological polar surface area (TPSA) is 69.7 Å². The van der Waals surface area contributed by atoms with Crippen LogP contribution in [-0.2, 0) is 22.4 Å². The van der Waals surface area contributed by atoms with Crippen LogP contribution in [0.1, 0.15) is 48.0 Å². The summed E-state index contributed by atoms with van der Waals surface area (Å²) in [6, 6.07) is -0.0678. The van der Waals surface area contributed by atoms with Crippen molar-refractivity contribution >= 4 is 29.1 Å². The fourth-order valence-electron chi connectivity index (χ4n) is 3.61. The van der Waals surface area contributed by atoms with E-state index < -0.39 is 11.8 Å². The van der Waals surface area contributed by atoms with Crippen LogP contribution in [-0.4, -0.2) is 59.7 Å². The van der Waals surface area contributed by atoms with Gasteiger partial charge in [-0.2, -0.15) is 0 Å². The highest BCUT2D eigenvalue weighted by Crippen LogP contribution is 2.33. The number of hydrogen-bond donors (Lipinski definition) is 1. The molecule has 3 rings (SSSR count). The maximum absolute atomic E-state index is 12.9. The number of thiophene rings is 1. The first-order chi connectivity index (χ1) is 12.4. The molecule has 1 aromatic heterocycles. The molecule has 1 atom stereocenters. The molecule has 0 bridgehead atoms. The quantitative estimate of drug-likeness (QED) is 0.798. The first-order valence-electron chi connectivity index (χ1n) is 9.35. The third-order valence-electron chi connectivity index (χ3n) is 5.10. The van der Waals surface area contributed by atoms with Crippen molar-refractivity contribution in [3.05, 3.63) is 21.4 Å². The van der Waals surface area contributed by atoms with E-state index in [0.29, 0.717) is 32.1 Å². The van der Waals surface area contributed by atoms with Gasteiger partial charge in [0, 0.05) is 42.5 Å². The second kappa shape index (κ2) is 7.78. The van der Waals surface area contributed by atoms with Crippen LogP contribution in [0.15, 0.2) is 5.38 Å². The minimum absolute atomic E-state index is 0.0655. The van der Waals surface area contributed by atoms with Gasteiger partial charge < -0.3 is 15.1 Å². The minimum Gasteiger partial charge on any atom is -0.346 e. The van der Waals surface area contributed by atoms with E-state index in [0.717, 1.165) is 24.8 Å². The first-order valence-corrected chi connectivity index (χ1v) is 10.2. The van der Waals surface area contributed by atoms with Crippen LogP contribution in [0.5, 0.6) is 0 Å². The predicted octanol–water partition coefficient (Wildman–Crippen LogP) is 1.68. The molecule has 0 saturated carbocycles. The molecule has 6 nitrogen and oxygen atoms in total. The fraction of sp³-hybridized carbons (Fsp3) is 0.632. The van der Waals surface area contributed by atoms with Crippen molar-refractivity contribution in [3.63, 3.8) is 0 Å².